The van der Waals surface area contributed by atoms with Crippen LogP contribution >= 0.6 is 11.3 Å². The van der Waals surface area contributed by atoms with E-state index in [-0.39, 0.29) is 5.41 Å². The van der Waals surface area contributed by atoms with Crippen molar-refractivity contribution in [3.8, 4) is 22.3 Å². The Morgan fingerprint density at radius 2 is 1.34 bits per heavy atom. The molecule has 35 heavy (non-hydrogen) atoms. The third kappa shape index (κ3) is 3.07. The van der Waals surface area contributed by atoms with Crippen molar-refractivity contribution in [1.29, 1.82) is 0 Å². The largest absolute Gasteiger partial charge is 0.355 e. The number of rotatable bonds is 3. The lowest BCUT2D eigenvalue weighted by Gasteiger charge is -2.25. The first-order chi connectivity index (χ1) is 17.1. The molecule has 0 bridgehead atoms. The Balaban J connectivity index is 1.34. The van der Waals surface area contributed by atoms with E-state index in [0.717, 1.165) is 5.69 Å². The molecule has 1 nitrogen and oxygen atoms in total. The average Bonchev–Trinajstić information content (AvgIpc) is 3.38. The zero-order chi connectivity index (χ0) is 23.6. The maximum Gasteiger partial charge on any atom is 0.0431 e. The van der Waals surface area contributed by atoms with Gasteiger partial charge in [-0.15, -0.1) is 11.3 Å². The first kappa shape index (κ1) is 20.5. The van der Waals surface area contributed by atoms with Crippen molar-refractivity contribution in [1.82, 2.24) is 0 Å². The zero-order valence-electron chi connectivity index (χ0n) is 19.8. The fourth-order valence-corrected chi connectivity index (χ4v) is 7.02. The standard InChI is InChI=1S/C33H25NS/c1-33(2)27-16-5-3-12-24(27)25-15-8-17-28(32(25)33)34-22-11-7-10-21(20-22)23-14-9-19-30-31(23)26-13-4-6-18-29(26)35-30/h3-20,34H,1-2H3. The van der Waals surface area contributed by atoms with Crippen LogP contribution in [0.3, 0.4) is 0 Å². The van der Waals surface area contributed by atoms with Crippen LogP contribution in [0.1, 0.15) is 25.0 Å². The molecule has 2 heteroatoms. The van der Waals surface area contributed by atoms with E-state index in [0.29, 0.717) is 0 Å². The predicted octanol–water partition coefficient (Wildman–Crippen LogP) is 9.77. The van der Waals surface area contributed by atoms with E-state index in [2.05, 4.69) is 128 Å². The lowest BCUT2D eigenvalue weighted by atomic mass is 9.81. The average molecular weight is 468 g/mol. The number of hydrogen-bond donors (Lipinski definition) is 1. The summed E-state index contributed by atoms with van der Waals surface area (Å²) in [5.74, 6) is 0. The summed E-state index contributed by atoms with van der Waals surface area (Å²) in [4.78, 5) is 0. The van der Waals surface area contributed by atoms with Crippen molar-refractivity contribution < 1.29 is 0 Å². The van der Waals surface area contributed by atoms with Crippen LogP contribution in [-0.2, 0) is 5.41 Å². The molecule has 168 valence electrons. The number of thiophene rings is 1. The summed E-state index contributed by atoms with van der Waals surface area (Å²) in [7, 11) is 0. The van der Waals surface area contributed by atoms with Gasteiger partial charge in [-0.25, -0.2) is 0 Å². The van der Waals surface area contributed by atoms with Gasteiger partial charge in [0.15, 0.2) is 0 Å². The lowest BCUT2D eigenvalue weighted by molar-refractivity contribution is 0.662. The summed E-state index contributed by atoms with van der Waals surface area (Å²) in [6.07, 6.45) is 0. The molecule has 0 unspecified atom stereocenters. The zero-order valence-corrected chi connectivity index (χ0v) is 20.6. The van der Waals surface area contributed by atoms with Gasteiger partial charge in [0.1, 0.15) is 0 Å². The fourth-order valence-electron chi connectivity index (χ4n) is 5.89. The van der Waals surface area contributed by atoms with Gasteiger partial charge in [0.05, 0.1) is 0 Å². The summed E-state index contributed by atoms with van der Waals surface area (Å²) in [5.41, 5.74) is 10.2. The fraction of sp³-hybridized carbons (Fsp3) is 0.0909. The van der Waals surface area contributed by atoms with Crippen molar-refractivity contribution >= 4 is 42.9 Å². The first-order valence-corrected chi connectivity index (χ1v) is 12.9. The summed E-state index contributed by atoms with van der Waals surface area (Å²) < 4.78 is 2.67. The Morgan fingerprint density at radius 3 is 2.29 bits per heavy atom. The summed E-state index contributed by atoms with van der Waals surface area (Å²) in [5, 5.41) is 6.47. The van der Waals surface area contributed by atoms with Crippen LogP contribution in [0.15, 0.2) is 109 Å². The van der Waals surface area contributed by atoms with Crippen molar-refractivity contribution in [3.05, 3.63) is 120 Å². The second-order valence-corrected chi connectivity index (χ2v) is 11.0. The Bertz CT molecular complexity index is 1750. The number of nitrogens with one attached hydrogen (secondary N) is 1. The molecule has 0 fully saturated rings. The van der Waals surface area contributed by atoms with Crippen LogP contribution in [0, 0.1) is 0 Å². The number of anilines is 2. The van der Waals surface area contributed by atoms with Gasteiger partial charge < -0.3 is 5.32 Å². The molecule has 1 aromatic heterocycles. The smallest absolute Gasteiger partial charge is 0.0431 e. The second kappa shape index (κ2) is 7.56. The second-order valence-electron chi connectivity index (χ2n) is 9.88. The maximum absolute atomic E-state index is 3.79. The Kier molecular flexibility index (Phi) is 4.43. The third-order valence-corrected chi connectivity index (χ3v) is 8.57. The summed E-state index contributed by atoms with van der Waals surface area (Å²) in [6.45, 7) is 4.67. The van der Waals surface area contributed by atoms with Gasteiger partial charge in [0.2, 0.25) is 0 Å². The van der Waals surface area contributed by atoms with Crippen LogP contribution in [0.5, 0.6) is 0 Å². The minimum absolute atomic E-state index is 0.0473. The molecule has 0 saturated carbocycles. The van der Waals surface area contributed by atoms with E-state index in [1.807, 2.05) is 11.3 Å². The Morgan fingerprint density at radius 1 is 0.629 bits per heavy atom. The SMILES string of the molecule is CC1(C)c2ccccc2-c2cccc(Nc3cccc(-c4cccc5sc6ccccc6c45)c3)c21. The molecule has 5 aromatic carbocycles. The normalized spacial score (nSPS) is 13.7. The van der Waals surface area contributed by atoms with Crippen molar-refractivity contribution in [2.75, 3.05) is 5.32 Å². The molecule has 1 aliphatic carbocycles. The molecule has 1 N–H and O–H groups in total. The summed E-state index contributed by atoms with van der Waals surface area (Å²) in [6, 6.07) is 39.7. The minimum Gasteiger partial charge on any atom is -0.355 e. The van der Waals surface area contributed by atoms with Crippen LogP contribution in [-0.4, -0.2) is 0 Å². The first-order valence-electron chi connectivity index (χ1n) is 12.1. The van der Waals surface area contributed by atoms with E-state index in [1.165, 1.54) is 59.2 Å². The van der Waals surface area contributed by atoms with E-state index in [4.69, 9.17) is 0 Å². The lowest BCUT2D eigenvalue weighted by Crippen LogP contribution is -2.16. The van der Waals surface area contributed by atoms with Gasteiger partial charge in [0, 0.05) is 37.0 Å². The van der Waals surface area contributed by atoms with Crippen LogP contribution < -0.4 is 5.32 Å². The third-order valence-electron chi connectivity index (χ3n) is 7.44. The molecule has 0 saturated heterocycles. The van der Waals surface area contributed by atoms with Crippen LogP contribution in [0.2, 0.25) is 0 Å². The van der Waals surface area contributed by atoms with Crippen LogP contribution in [0.4, 0.5) is 11.4 Å². The Hall–Kier alpha value is -3.88. The molecule has 7 rings (SSSR count). The van der Waals surface area contributed by atoms with Crippen molar-refractivity contribution in [3.63, 3.8) is 0 Å². The van der Waals surface area contributed by atoms with E-state index < -0.39 is 0 Å². The van der Waals surface area contributed by atoms with Gasteiger partial charge >= 0.3 is 0 Å². The monoisotopic (exact) mass is 467 g/mol. The molecule has 0 atom stereocenters. The van der Waals surface area contributed by atoms with Crippen LogP contribution in [0.25, 0.3) is 42.4 Å². The minimum atomic E-state index is -0.0473. The van der Waals surface area contributed by atoms with Gasteiger partial charge in [-0.2, -0.15) is 0 Å². The highest BCUT2D eigenvalue weighted by molar-refractivity contribution is 7.25. The van der Waals surface area contributed by atoms with Gasteiger partial charge in [-0.1, -0.05) is 92.7 Å². The molecule has 1 aliphatic rings. The van der Waals surface area contributed by atoms with Gasteiger partial charge in [-0.05, 0) is 63.7 Å². The summed E-state index contributed by atoms with van der Waals surface area (Å²) >= 11 is 1.87. The molecule has 0 radical (unpaired) electrons. The highest BCUT2D eigenvalue weighted by Gasteiger charge is 2.37. The van der Waals surface area contributed by atoms with Crippen molar-refractivity contribution in [2.24, 2.45) is 0 Å². The molecule has 0 amide bonds. The number of hydrogen-bond acceptors (Lipinski definition) is 2. The molecular weight excluding hydrogens is 442 g/mol. The molecule has 0 spiro atoms. The highest BCUT2D eigenvalue weighted by atomic mass is 32.1. The highest BCUT2D eigenvalue weighted by Crippen LogP contribution is 2.51. The van der Waals surface area contributed by atoms with E-state index >= 15 is 0 Å². The molecular formula is C33H25NS. The molecule has 6 aromatic rings. The topological polar surface area (TPSA) is 12.0 Å². The van der Waals surface area contributed by atoms with Gasteiger partial charge in [0.25, 0.3) is 0 Å². The number of fused-ring (bicyclic) bond motifs is 6. The van der Waals surface area contributed by atoms with Crippen molar-refractivity contribution in [2.45, 2.75) is 19.3 Å². The number of benzene rings is 5. The van der Waals surface area contributed by atoms with E-state index in [9.17, 15) is 0 Å². The predicted molar refractivity (Wildman–Crippen MR) is 152 cm³/mol. The molecule has 0 aliphatic heterocycles. The van der Waals surface area contributed by atoms with E-state index in [1.54, 1.807) is 0 Å². The maximum atomic E-state index is 3.79. The Labute approximate surface area is 209 Å². The van der Waals surface area contributed by atoms with Gasteiger partial charge in [-0.3, -0.25) is 0 Å². The quantitative estimate of drug-likeness (QED) is 0.273. The molecule has 1 heterocycles.